The zero-order chi connectivity index (χ0) is 9.97. The zero-order valence-corrected chi connectivity index (χ0v) is 9.44. The molecule has 0 bridgehead atoms. The van der Waals surface area contributed by atoms with Crippen molar-refractivity contribution in [1.29, 1.82) is 0 Å². The quantitative estimate of drug-likeness (QED) is 0.772. The van der Waals surface area contributed by atoms with Crippen molar-refractivity contribution >= 4 is 21.9 Å². The lowest BCUT2D eigenvalue weighted by atomic mass is 10.5. The molecule has 1 aliphatic rings. The van der Waals surface area contributed by atoms with Crippen molar-refractivity contribution in [2.75, 3.05) is 11.4 Å². The Bertz CT molecular complexity index is 319. The van der Waals surface area contributed by atoms with Crippen LogP contribution in [0.5, 0.6) is 0 Å². The van der Waals surface area contributed by atoms with E-state index in [4.69, 9.17) is 0 Å². The Morgan fingerprint density at radius 2 is 2.14 bits per heavy atom. The predicted octanol–water partition coefficient (Wildman–Crippen LogP) is 2.39. The zero-order valence-electron chi connectivity index (χ0n) is 7.86. The summed E-state index contributed by atoms with van der Waals surface area (Å²) in [5, 5.41) is 0. The van der Waals surface area contributed by atoms with Crippen molar-refractivity contribution in [3.05, 3.63) is 29.5 Å². The number of hydrogen-bond acceptors (Lipinski definition) is 3. The molecule has 0 radical (unpaired) electrons. The minimum Gasteiger partial charge on any atom is -0.334 e. The van der Waals surface area contributed by atoms with E-state index >= 15 is 0 Å². The second-order valence-corrected chi connectivity index (χ2v) is 4.29. The monoisotopic (exact) mass is 253 g/mol. The predicted molar refractivity (Wildman–Crippen MR) is 60.3 cm³/mol. The van der Waals surface area contributed by atoms with E-state index < -0.39 is 0 Å². The van der Waals surface area contributed by atoms with Crippen LogP contribution in [0.1, 0.15) is 12.8 Å². The molecule has 0 unspecified atom stereocenters. The van der Waals surface area contributed by atoms with Gasteiger partial charge in [-0.1, -0.05) is 6.08 Å². The number of anilines is 1. The molecule has 0 amide bonds. The summed E-state index contributed by atoms with van der Waals surface area (Å²) < 4.78 is 0.913. The van der Waals surface area contributed by atoms with Gasteiger partial charge in [0.1, 0.15) is 0 Å². The fraction of sp³-hybridized carbons (Fsp3) is 0.400. The van der Waals surface area contributed by atoms with Gasteiger partial charge in [-0.3, -0.25) is 0 Å². The summed E-state index contributed by atoms with van der Waals surface area (Å²) in [6.45, 7) is 4.57. The second-order valence-electron chi connectivity index (χ2n) is 3.37. The minimum absolute atomic E-state index is 0.620. The van der Waals surface area contributed by atoms with E-state index in [1.54, 1.807) is 12.4 Å². The lowest BCUT2D eigenvalue weighted by Crippen LogP contribution is -2.27. The van der Waals surface area contributed by atoms with Crippen molar-refractivity contribution in [2.24, 2.45) is 0 Å². The van der Waals surface area contributed by atoms with Crippen LogP contribution in [0.3, 0.4) is 0 Å². The topological polar surface area (TPSA) is 29.0 Å². The highest BCUT2D eigenvalue weighted by Gasteiger charge is 2.29. The molecule has 2 rings (SSSR count). The van der Waals surface area contributed by atoms with Crippen LogP contribution in [0.4, 0.5) is 5.95 Å². The first-order chi connectivity index (χ1) is 6.81. The van der Waals surface area contributed by atoms with Crippen molar-refractivity contribution in [2.45, 2.75) is 18.9 Å². The third-order valence-corrected chi connectivity index (χ3v) is 2.59. The van der Waals surface area contributed by atoms with Crippen LogP contribution in [0.2, 0.25) is 0 Å². The molecule has 1 aromatic heterocycles. The van der Waals surface area contributed by atoms with Gasteiger partial charge in [0.25, 0.3) is 0 Å². The summed E-state index contributed by atoms with van der Waals surface area (Å²) in [4.78, 5) is 10.8. The molecule has 74 valence electrons. The average Bonchev–Trinajstić information content (AvgIpc) is 2.99. The molecule has 0 N–H and O–H groups in total. The van der Waals surface area contributed by atoms with Crippen molar-refractivity contribution < 1.29 is 0 Å². The summed E-state index contributed by atoms with van der Waals surface area (Å²) in [5.41, 5.74) is 0. The van der Waals surface area contributed by atoms with Gasteiger partial charge in [-0.25, -0.2) is 9.97 Å². The summed E-state index contributed by atoms with van der Waals surface area (Å²) in [6, 6.07) is 0.620. The molecular weight excluding hydrogens is 242 g/mol. The van der Waals surface area contributed by atoms with Gasteiger partial charge in [-0.2, -0.15) is 0 Å². The SMILES string of the molecule is C=CCN(c1ncc(Br)cn1)C1CC1. The molecule has 0 atom stereocenters. The molecule has 1 saturated carbocycles. The maximum Gasteiger partial charge on any atom is 0.225 e. The van der Waals surface area contributed by atoms with Crippen molar-refractivity contribution in [3.63, 3.8) is 0 Å². The molecule has 1 aromatic rings. The fourth-order valence-electron chi connectivity index (χ4n) is 1.37. The van der Waals surface area contributed by atoms with Crippen LogP contribution in [-0.2, 0) is 0 Å². The van der Waals surface area contributed by atoms with Gasteiger partial charge in [0.15, 0.2) is 0 Å². The van der Waals surface area contributed by atoms with E-state index in [-0.39, 0.29) is 0 Å². The number of hydrogen-bond donors (Lipinski definition) is 0. The first kappa shape index (κ1) is 9.65. The van der Waals surface area contributed by atoms with Gasteiger partial charge in [0.05, 0.1) is 4.47 Å². The normalized spacial score (nSPS) is 15.2. The third kappa shape index (κ3) is 2.12. The van der Waals surface area contributed by atoms with Crippen LogP contribution >= 0.6 is 15.9 Å². The number of nitrogens with zero attached hydrogens (tertiary/aromatic N) is 3. The molecule has 4 heteroatoms. The number of halogens is 1. The average molecular weight is 254 g/mol. The summed E-state index contributed by atoms with van der Waals surface area (Å²) in [6.07, 6.45) is 7.94. The molecule has 14 heavy (non-hydrogen) atoms. The van der Waals surface area contributed by atoms with E-state index in [1.165, 1.54) is 12.8 Å². The Hall–Kier alpha value is -0.900. The maximum atomic E-state index is 4.28. The Kier molecular flexibility index (Phi) is 2.82. The molecule has 1 fully saturated rings. The Morgan fingerprint density at radius 1 is 1.50 bits per heavy atom. The van der Waals surface area contributed by atoms with E-state index in [2.05, 4.69) is 37.4 Å². The van der Waals surface area contributed by atoms with Gasteiger partial charge in [-0.05, 0) is 28.8 Å². The van der Waals surface area contributed by atoms with Gasteiger partial charge >= 0.3 is 0 Å². The Morgan fingerprint density at radius 3 is 2.64 bits per heavy atom. The largest absolute Gasteiger partial charge is 0.334 e. The summed E-state index contributed by atoms with van der Waals surface area (Å²) in [7, 11) is 0. The highest BCUT2D eigenvalue weighted by Crippen LogP contribution is 2.29. The van der Waals surface area contributed by atoms with E-state index in [1.807, 2.05) is 6.08 Å². The van der Waals surface area contributed by atoms with Crippen molar-refractivity contribution in [1.82, 2.24) is 9.97 Å². The van der Waals surface area contributed by atoms with Crippen LogP contribution < -0.4 is 4.90 Å². The Labute approximate surface area is 92.0 Å². The standard InChI is InChI=1S/C10H12BrN3/c1-2-5-14(9-3-4-9)10-12-6-8(11)7-13-10/h2,6-7,9H,1,3-5H2. The fourth-order valence-corrected chi connectivity index (χ4v) is 1.58. The second kappa shape index (κ2) is 4.09. The molecule has 0 saturated heterocycles. The summed E-state index contributed by atoms with van der Waals surface area (Å²) in [5.74, 6) is 0.801. The minimum atomic E-state index is 0.620. The molecule has 1 heterocycles. The van der Waals surface area contributed by atoms with E-state index in [0.29, 0.717) is 6.04 Å². The first-order valence-electron chi connectivity index (χ1n) is 4.66. The molecule has 0 aromatic carbocycles. The smallest absolute Gasteiger partial charge is 0.225 e. The van der Waals surface area contributed by atoms with Gasteiger partial charge < -0.3 is 4.90 Å². The van der Waals surface area contributed by atoms with Crippen LogP contribution in [0.15, 0.2) is 29.5 Å². The van der Waals surface area contributed by atoms with Gasteiger partial charge in [0, 0.05) is 25.0 Å². The van der Waals surface area contributed by atoms with Crippen LogP contribution in [0.25, 0.3) is 0 Å². The highest BCUT2D eigenvalue weighted by atomic mass is 79.9. The molecule has 0 spiro atoms. The van der Waals surface area contributed by atoms with E-state index in [0.717, 1.165) is 17.0 Å². The molecule has 0 aliphatic heterocycles. The Balaban J connectivity index is 2.16. The highest BCUT2D eigenvalue weighted by molar-refractivity contribution is 9.10. The first-order valence-corrected chi connectivity index (χ1v) is 5.45. The molecular formula is C10H12BrN3. The van der Waals surface area contributed by atoms with Crippen molar-refractivity contribution in [3.8, 4) is 0 Å². The molecule has 3 nitrogen and oxygen atoms in total. The maximum absolute atomic E-state index is 4.28. The number of rotatable bonds is 4. The molecule has 1 aliphatic carbocycles. The van der Waals surface area contributed by atoms with Crippen LogP contribution in [-0.4, -0.2) is 22.6 Å². The van der Waals surface area contributed by atoms with Gasteiger partial charge in [-0.15, -0.1) is 6.58 Å². The lowest BCUT2D eigenvalue weighted by Gasteiger charge is -2.19. The van der Waals surface area contributed by atoms with E-state index in [9.17, 15) is 0 Å². The van der Waals surface area contributed by atoms with Crippen LogP contribution in [0, 0.1) is 0 Å². The summed E-state index contributed by atoms with van der Waals surface area (Å²) >= 11 is 3.32. The number of aromatic nitrogens is 2. The lowest BCUT2D eigenvalue weighted by molar-refractivity contribution is 0.814. The van der Waals surface area contributed by atoms with Gasteiger partial charge in [0.2, 0.25) is 5.95 Å². The third-order valence-electron chi connectivity index (χ3n) is 2.18.